The minimum absolute atomic E-state index is 0.0104. The van der Waals surface area contributed by atoms with E-state index in [1.165, 1.54) is 0 Å². The Labute approximate surface area is 186 Å². The number of nitrogens with zero attached hydrogens (tertiary/aromatic N) is 2. The van der Waals surface area contributed by atoms with E-state index >= 15 is 0 Å². The number of hydrogen-bond acceptors (Lipinski definition) is 7. The van der Waals surface area contributed by atoms with Crippen molar-refractivity contribution < 1.29 is 18.9 Å². The minimum atomic E-state index is -0.557. The Balaban J connectivity index is 1.87. The van der Waals surface area contributed by atoms with Crippen molar-refractivity contribution in [3.05, 3.63) is 65.0 Å². The number of ether oxygens (including phenoxy) is 4. The summed E-state index contributed by atoms with van der Waals surface area (Å²) in [4.78, 5) is 0. The van der Waals surface area contributed by atoms with Gasteiger partial charge in [-0.25, -0.2) is 0 Å². The third kappa shape index (κ3) is 3.58. The highest BCUT2D eigenvalue weighted by molar-refractivity contribution is 5.72. The summed E-state index contributed by atoms with van der Waals surface area (Å²) in [5.41, 5.74) is 9.39. The SMILES string of the molecule is CCCOc1ccc(-c2[nH]nc3c2C(c2cccc(OC)c2OC)C(C#N)=C(N)O3)cc1. The summed E-state index contributed by atoms with van der Waals surface area (Å²) < 4.78 is 22.5. The van der Waals surface area contributed by atoms with Gasteiger partial charge in [0.05, 0.1) is 38.0 Å². The van der Waals surface area contributed by atoms with Crippen LogP contribution in [-0.2, 0) is 0 Å². The summed E-state index contributed by atoms with van der Waals surface area (Å²) in [5, 5.41) is 17.3. The first-order chi connectivity index (χ1) is 15.6. The van der Waals surface area contributed by atoms with Crippen molar-refractivity contribution in [1.29, 1.82) is 5.26 Å². The van der Waals surface area contributed by atoms with Crippen molar-refractivity contribution in [2.24, 2.45) is 5.73 Å². The van der Waals surface area contributed by atoms with Gasteiger partial charge in [-0.3, -0.25) is 5.10 Å². The number of nitriles is 1. The van der Waals surface area contributed by atoms with E-state index in [4.69, 9.17) is 24.7 Å². The van der Waals surface area contributed by atoms with Crippen LogP contribution in [0.25, 0.3) is 11.3 Å². The second-order valence-corrected chi connectivity index (χ2v) is 7.20. The molecular weight excluding hydrogens is 408 g/mol. The summed E-state index contributed by atoms with van der Waals surface area (Å²) in [5.74, 6) is 1.63. The molecule has 8 heteroatoms. The van der Waals surface area contributed by atoms with Crippen LogP contribution >= 0.6 is 0 Å². The number of rotatable bonds is 7. The average molecular weight is 432 g/mol. The van der Waals surface area contributed by atoms with Crippen LogP contribution in [0, 0.1) is 11.3 Å². The number of aromatic amines is 1. The largest absolute Gasteiger partial charge is 0.494 e. The van der Waals surface area contributed by atoms with E-state index in [9.17, 15) is 5.26 Å². The topological polar surface area (TPSA) is 115 Å². The van der Waals surface area contributed by atoms with Gasteiger partial charge in [-0.15, -0.1) is 5.10 Å². The lowest BCUT2D eigenvalue weighted by Gasteiger charge is -2.26. The number of para-hydroxylation sites is 1. The van der Waals surface area contributed by atoms with Gasteiger partial charge < -0.3 is 24.7 Å². The number of nitrogens with one attached hydrogen (secondary N) is 1. The highest BCUT2D eigenvalue weighted by Crippen LogP contribution is 2.49. The number of nitrogens with two attached hydrogens (primary N) is 1. The van der Waals surface area contributed by atoms with Crippen molar-refractivity contribution in [2.75, 3.05) is 20.8 Å². The van der Waals surface area contributed by atoms with Crippen LogP contribution in [0.3, 0.4) is 0 Å². The number of fused-ring (bicyclic) bond motifs is 1. The van der Waals surface area contributed by atoms with Gasteiger partial charge in [-0.2, -0.15) is 5.26 Å². The number of allylic oxidation sites excluding steroid dienone is 1. The Kier molecular flexibility index (Phi) is 5.90. The third-order valence-corrected chi connectivity index (χ3v) is 5.30. The molecule has 0 saturated heterocycles. The Morgan fingerprint density at radius 2 is 1.94 bits per heavy atom. The number of methoxy groups -OCH3 is 2. The molecule has 32 heavy (non-hydrogen) atoms. The van der Waals surface area contributed by atoms with Crippen molar-refractivity contribution in [3.63, 3.8) is 0 Å². The Hall–Kier alpha value is -4.12. The Morgan fingerprint density at radius 3 is 2.59 bits per heavy atom. The number of hydrogen-bond donors (Lipinski definition) is 2. The van der Waals surface area contributed by atoms with Crippen molar-refractivity contribution in [1.82, 2.24) is 10.2 Å². The fraction of sp³-hybridized carbons (Fsp3) is 0.250. The molecule has 8 nitrogen and oxygen atoms in total. The summed E-state index contributed by atoms with van der Waals surface area (Å²) in [6.45, 7) is 2.71. The molecule has 0 amide bonds. The standard InChI is InChI=1S/C24H24N4O4/c1-4-12-31-15-10-8-14(9-11-15)21-20-19(16-6-5-7-18(29-2)22(16)30-3)17(13-25)23(26)32-24(20)28-27-21/h5-11,19H,4,12,26H2,1-3H3,(H,27,28). The van der Waals surface area contributed by atoms with Crippen LogP contribution in [0.1, 0.15) is 30.4 Å². The maximum absolute atomic E-state index is 9.94. The summed E-state index contributed by atoms with van der Waals surface area (Å²) >= 11 is 0. The van der Waals surface area contributed by atoms with E-state index in [1.807, 2.05) is 36.4 Å². The van der Waals surface area contributed by atoms with Crippen LogP contribution in [0.5, 0.6) is 23.1 Å². The molecule has 0 fully saturated rings. The molecule has 3 N–H and O–H groups in total. The van der Waals surface area contributed by atoms with Crippen LogP contribution in [0.2, 0.25) is 0 Å². The van der Waals surface area contributed by atoms with Gasteiger partial charge in [0.2, 0.25) is 11.8 Å². The predicted octanol–water partition coefficient (Wildman–Crippen LogP) is 4.10. The normalized spacial score (nSPS) is 14.9. The molecule has 1 atom stereocenters. The molecule has 1 aliphatic rings. The molecule has 0 spiro atoms. The van der Waals surface area contributed by atoms with Crippen LogP contribution in [-0.4, -0.2) is 31.0 Å². The molecule has 0 bridgehead atoms. The highest BCUT2D eigenvalue weighted by Gasteiger charge is 2.37. The van der Waals surface area contributed by atoms with Crippen LogP contribution < -0.4 is 24.7 Å². The molecule has 0 radical (unpaired) electrons. The van der Waals surface area contributed by atoms with Gasteiger partial charge in [0.1, 0.15) is 17.4 Å². The minimum Gasteiger partial charge on any atom is -0.494 e. The summed E-state index contributed by atoms with van der Waals surface area (Å²) in [7, 11) is 3.13. The molecule has 4 rings (SSSR count). The quantitative estimate of drug-likeness (QED) is 0.577. The molecule has 3 aromatic rings. The molecule has 0 saturated carbocycles. The number of benzene rings is 2. The molecule has 164 valence electrons. The Bertz CT molecular complexity index is 1190. The van der Waals surface area contributed by atoms with Gasteiger partial charge in [-0.1, -0.05) is 19.1 Å². The van der Waals surface area contributed by atoms with E-state index in [-0.39, 0.29) is 11.5 Å². The van der Waals surface area contributed by atoms with Gasteiger partial charge in [0, 0.05) is 11.1 Å². The van der Waals surface area contributed by atoms with Crippen molar-refractivity contribution in [2.45, 2.75) is 19.3 Å². The fourth-order valence-electron chi connectivity index (χ4n) is 3.85. The summed E-state index contributed by atoms with van der Waals surface area (Å²) in [6, 6.07) is 15.4. The lowest BCUT2D eigenvalue weighted by Crippen LogP contribution is -2.21. The zero-order chi connectivity index (χ0) is 22.7. The Morgan fingerprint density at radius 1 is 1.16 bits per heavy atom. The molecule has 0 aliphatic carbocycles. The number of H-pyrrole nitrogens is 1. The zero-order valence-electron chi connectivity index (χ0n) is 18.1. The van der Waals surface area contributed by atoms with Crippen LogP contribution in [0.15, 0.2) is 53.9 Å². The van der Waals surface area contributed by atoms with E-state index < -0.39 is 5.92 Å². The maximum Gasteiger partial charge on any atom is 0.244 e. The lowest BCUT2D eigenvalue weighted by atomic mass is 9.82. The molecule has 2 heterocycles. The van der Waals surface area contributed by atoms with Crippen LogP contribution in [0.4, 0.5) is 0 Å². The molecule has 1 aliphatic heterocycles. The van der Waals surface area contributed by atoms with Gasteiger partial charge in [0.15, 0.2) is 11.5 Å². The monoisotopic (exact) mass is 432 g/mol. The fourth-order valence-corrected chi connectivity index (χ4v) is 3.85. The van der Waals surface area contributed by atoms with Gasteiger partial charge >= 0.3 is 0 Å². The zero-order valence-corrected chi connectivity index (χ0v) is 18.1. The first-order valence-electron chi connectivity index (χ1n) is 10.2. The molecule has 2 aromatic carbocycles. The van der Waals surface area contributed by atoms with Crippen molar-refractivity contribution in [3.8, 4) is 40.5 Å². The van der Waals surface area contributed by atoms with Gasteiger partial charge in [-0.05, 0) is 36.8 Å². The van der Waals surface area contributed by atoms with Gasteiger partial charge in [0.25, 0.3) is 0 Å². The first-order valence-corrected chi connectivity index (χ1v) is 10.2. The van der Waals surface area contributed by atoms with E-state index in [0.29, 0.717) is 29.5 Å². The lowest BCUT2D eigenvalue weighted by molar-refractivity contribution is 0.317. The van der Waals surface area contributed by atoms with E-state index in [1.54, 1.807) is 20.3 Å². The van der Waals surface area contributed by atoms with E-state index in [0.717, 1.165) is 29.0 Å². The second-order valence-electron chi connectivity index (χ2n) is 7.20. The second kappa shape index (κ2) is 8.94. The maximum atomic E-state index is 9.94. The van der Waals surface area contributed by atoms with Crippen molar-refractivity contribution >= 4 is 0 Å². The average Bonchev–Trinajstić information content (AvgIpc) is 3.24. The summed E-state index contributed by atoms with van der Waals surface area (Å²) in [6.07, 6.45) is 0.932. The smallest absolute Gasteiger partial charge is 0.244 e. The molecular formula is C24H24N4O4. The first kappa shape index (κ1) is 21.1. The highest BCUT2D eigenvalue weighted by atomic mass is 16.5. The molecule has 1 aromatic heterocycles. The number of aromatic nitrogens is 2. The predicted molar refractivity (Wildman–Crippen MR) is 119 cm³/mol. The van der Waals surface area contributed by atoms with E-state index in [2.05, 4.69) is 23.2 Å². The third-order valence-electron chi connectivity index (χ3n) is 5.30. The molecule has 1 unspecified atom stereocenters.